The molecule has 2 aromatic rings. The van der Waals surface area contributed by atoms with E-state index in [4.69, 9.17) is 9.47 Å². The molecule has 1 unspecified atom stereocenters. The predicted molar refractivity (Wildman–Crippen MR) is 87.2 cm³/mol. The van der Waals surface area contributed by atoms with E-state index in [0.29, 0.717) is 25.3 Å². The van der Waals surface area contributed by atoms with Gasteiger partial charge in [-0.1, -0.05) is 48.2 Å². The molecule has 1 aromatic heterocycles. The van der Waals surface area contributed by atoms with Gasteiger partial charge in [0.2, 0.25) is 6.10 Å². The van der Waals surface area contributed by atoms with Crippen molar-refractivity contribution < 1.29 is 14.3 Å². The maximum absolute atomic E-state index is 11.2. The summed E-state index contributed by atoms with van der Waals surface area (Å²) in [5, 5.41) is 0. The van der Waals surface area contributed by atoms with Gasteiger partial charge in [-0.05, 0) is 17.7 Å². The fourth-order valence-corrected chi connectivity index (χ4v) is 1.91. The molecule has 0 N–H and O–H groups in total. The number of aromatic nitrogens is 1. The summed E-state index contributed by atoms with van der Waals surface area (Å²) in [4.78, 5) is 15.4. The van der Waals surface area contributed by atoms with Crippen LogP contribution in [0.25, 0.3) is 0 Å². The Labute approximate surface area is 136 Å². The van der Waals surface area contributed by atoms with Gasteiger partial charge in [-0.15, -0.1) is 0 Å². The first-order valence-electron chi connectivity index (χ1n) is 7.44. The number of hydrogen-bond acceptors (Lipinski definition) is 4. The Hall–Kier alpha value is -2.64. The van der Waals surface area contributed by atoms with Gasteiger partial charge < -0.3 is 9.47 Å². The molecule has 0 aliphatic heterocycles. The lowest BCUT2D eigenvalue weighted by molar-refractivity contribution is -0.144. The zero-order valence-corrected chi connectivity index (χ0v) is 13.1. The minimum absolute atomic E-state index is 0.379. The molecule has 0 aliphatic carbocycles. The largest absolute Gasteiger partial charge is 0.443 e. The van der Waals surface area contributed by atoms with E-state index in [1.807, 2.05) is 36.4 Å². The Morgan fingerprint density at radius 1 is 1.17 bits per heavy atom. The molecule has 0 fully saturated rings. The SMILES string of the molecule is CC(=O)OC(C#CCCOCc1ccccc1)c1ccccn1. The molecule has 0 spiro atoms. The molecule has 118 valence electrons. The Morgan fingerprint density at radius 3 is 2.65 bits per heavy atom. The fourth-order valence-electron chi connectivity index (χ4n) is 1.91. The average Bonchev–Trinajstić information content (AvgIpc) is 2.58. The van der Waals surface area contributed by atoms with Gasteiger partial charge >= 0.3 is 5.97 Å². The van der Waals surface area contributed by atoms with Crippen molar-refractivity contribution in [2.24, 2.45) is 0 Å². The second kappa shape index (κ2) is 9.39. The Balaban J connectivity index is 1.81. The topological polar surface area (TPSA) is 48.4 Å². The monoisotopic (exact) mass is 309 g/mol. The lowest BCUT2D eigenvalue weighted by atomic mass is 10.2. The quantitative estimate of drug-likeness (QED) is 0.467. The van der Waals surface area contributed by atoms with Crippen LogP contribution in [0.2, 0.25) is 0 Å². The number of carbonyl (C=O) groups excluding carboxylic acids is 1. The first kappa shape index (κ1) is 16.7. The van der Waals surface area contributed by atoms with Crippen LogP contribution in [-0.2, 0) is 20.9 Å². The van der Waals surface area contributed by atoms with Crippen molar-refractivity contribution in [3.8, 4) is 11.8 Å². The third kappa shape index (κ3) is 6.33. The summed E-state index contributed by atoms with van der Waals surface area (Å²) in [5.74, 6) is 5.53. The van der Waals surface area contributed by atoms with E-state index in [0.717, 1.165) is 5.56 Å². The first-order valence-corrected chi connectivity index (χ1v) is 7.44. The van der Waals surface area contributed by atoms with Gasteiger partial charge in [0, 0.05) is 19.5 Å². The molecule has 4 heteroatoms. The molecule has 0 bridgehead atoms. The second-order valence-electron chi connectivity index (χ2n) is 4.85. The number of pyridine rings is 1. The smallest absolute Gasteiger partial charge is 0.304 e. The van der Waals surface area contributed by atoms with E-state index >= 15 is 0 Å². The number of carbonyl (C=O) groups is 1. The Morgan fingerprint density at radius 2 is 1.96 bits per heavy atom. The third-order valence-electron chi connectivity index (χ3n) is 2.96. The molecular weight excluding hydrogens is 290 g/mol. The highest BCUT2D eigenvalue weighted by Gasteiger charge is 2.12. The summed E-state index contributed by atoms with van der Waals surface area (Å²) in [6.07, 6.45) is 1.58. The molecule has 23 heavy (non-hydrogen) atoms. The van der Waals surface area contributed by atoms with E-state index < -0.39 is 6.10 Å². The number of rotatable bonds is 6. The summed E-state index contributed by atoms with van der Waals surface area (Å²) in [5.41, 5.74) is 1.76. The van der Waals surface area contributed by atoms with E-state index in [1.54, 1.807) is 18.3 Å². The van der Waals surface area contributed by atoms with Gasteiger partial charge in [-0.3, -0.25) is 9.78 Å². The maximum atomic E-state index is 11.2. The Bertz CT molecular complexity index is 659. The number of esters is 1. The van der Waals surface area contributed by atoms with Crippen LogP contribution in [0.3, 0.4) is 0 Å². The van der Waals surface area contributed by atoms with Gasteiger partial charge in [0.05, 0.1) is 18.9 Å². The highest BCUT2D eigenvalue weighted by Crippen LogP contribution is 2.13. The minimum atomic E-state index is -0.636. The molecule has 0 saturated carbocycles. The molecule has 1 atom stereocenters. The van der Waals surface area contributed by atoms with Crippen LogP contribution >= 0.6 is 0 Å². The summed E-state index contributed by atoms with van der Waals surface area (Å²) < 4.78 is 10.8. The Kier molecular flexibility index (Phi) is 6.83. The van der Waals surface area contributed by atoms with Crippen molar-refractivity contribution in [3.63, 3.8) is 0 Å². The maximum Gasteiger partial charge on any atom is 0.304 e. The van der Waals surface area contributed by atoms with Crippen LogP contribution in [0, 0.1) is 11.8 Å². The standard InChI is InChI=1S/C19H19NO3/c1-16(21)23-19(18-11-5-7-13-20-18)12-6-8-14-22-15-17-9-3-2-4-10-17/h2-5,7,9-11,13,19H,8,14-15H2,1H3. The van der Waals surface area contributed by atoms with Crippen molar-refractivity contribution in [1.29, 1.82) is 0 Å². The van der Waals surface area contributed by atoms with Crippen molar-refractivity contribution in [2.75, 3.05) is 6.61 Å². The first-order chi connectivity index (χ1) is 11.3. The molecule has 1 aromatic carbocycles. The second-order valence-corrected chi connectivity index (χ2v) is 4.85. The van der Waals surface area contributed by atoms with E-state index in [9.17, 15) is 4.79 Å². The average molecular weight is 309 g/mol. The molecule has 0 saturated heterocycles. The molecular formula is C19H19NO3. The molecule has 0 aliphatic rings. The molecule has 2 rings (SSSR count). The van der Waals surface area contributed by atoms with Crippen molar-refractivity contribution in [3.05, 3.63) is 66.0 Å². The van der Waals surface area contributed by atoms with E-state index in [1.165, 1.54) is 6.92 Å². The summed E-state index contributed by atoms with van der Waals surface area (Å²) in [6.45, 7) is 2.45. The highest BCUT2D eigenvalue weighted by atomic mass is 16.5. The fraction of sp³-hybridized carbons (Fsp3) is 0.263. The lowest BCUT2D eigenvalue weighted by Gasteiger charge is -2.09. The van der Waals surface area contributed by atoms with Crippen LogP contribution in [-0.4, -0.2) is 17.6 Å². The zero-order valence-electron chi connectivity index (χ0n) is 13.1. The highest BCUT2D eigenvalue weighted by molar-refractivity contribution is 5.66. The van der Waals surface area contributed by atoms with Gasteiger partial charge in [0.1, 0.15) is 0 Å². The third-order valence-corrected chi connectivity index (χ3v) is 2.96. The van der Waals surface area contributed by atoms with Crippen molar-refractivity contribution in [1.82, 2.24) is 4.98 Å². The van der Waals surface area contributed by atoms with E-state index in [2.05, 4.69) is 16.8 Å². The molecule has 1 heterocycles. The van der Waals surface area contributed by atoms with Crippen molar-refractivity contribution in [2.45, 2.75) is 26.1 Å². The van der Waals surface area contributed by atoms with Crippen LogP contribution in [0.1, 0.15) is 30.7 Å². The van der Waals surface area contributed by atoms with Crippen molar-refractivity contribution >= 4 is 5.97 Å². The number of ether oxygens (including phenoxy) is 2. The minimum Gasteiger partial charge on any atom is -0.443 e. The normalized spacial score (nSPS) is 11.2. The predicted octanol–water partition coefficient (Wildman–Crippen LogP) is 3.30. The zero-order chi connectivity index (χ0) is 16.3. The van der Waals surface area contributed by atoms with Crippen LogP contribution in [0.5, 0.6) is 0 Å². The lowest BCUT2D eigenvalue weighted by Crippen LogP contribution is -2.08. The molecule has 0 amide bonds. The number of hydrogen-bond donors (Lipinski definition) is 0. The molecule has 0 radical (unpaired) electrons. The summed E-state index contributed by atoms with van der Waals surface area (Å²) in [7, 11) is 0. The van der Waals surface area contributed by atoms with Gasteiger partial charge in [0.25, 0.3) is 0 Å². The van der Waals surface area contributed by atoms with Crippen LogP contribution in [0.15, 0.2) is 54.7 Å². The van der Waals surface area contributed by atoms with Gasteiger partial charge in [-0.25, -0.2) is 0 Å². The molecule has 4 nitrogen and oxygen atoms in total. The summed E-state index contributed by atoms with van der Waals surface area (Å²) >= 11 is 0. The van der Waals surface area contributed by atoms with Crippen LogP contribution in [0.4, 0.5) is 0 Å². The van der Waals surface area contributed by atoms with Gasteiger partial charge in [-0.2, -0.15) is 0 Å². The summed E-state index contributed by atoms with van der Waals surface area (Å²) in [6, 6.07) is 15.4. The van der Waals surface area contributed by atoms with Crippen LogP contribution < -0.4 is 0 Å². The van der Waals surface area contributed by atoms with Gasteiger partial charge in [0.15, 0.2) is 0 Å². The number of benzene rings is 1. The van der Waals surface area contributed by atoms with E-state index in [-0.39, 0.29) is 5.97 Å². The number of nitrogens with zero attached hydrogens (tertiary/aromatic N) is 1.